The molecule has 0 saturated heterocycles. The molecular formula is C13H13N3O3S. The van der Waals surface area contributed by atoms with Crippen molar-refractivity contribution in [1.29, 1.82) is 0 Å². The predicted octanol–water partition coefficient (Wildman–Crippen LogP) is 2.08. The van der Waals surface area contributed by atoms with Crippen LogP contribution in [0.5, 0.6) is 0 Å². The fourth-order valence-corrected chi connectivity index (χ4v) is 2.84. The lowest BCUT2D eigenvalue weighted by molar-refractivity contribution is 0.334. The average Bonchev–Trinajstić information content (AvgIpc) is 3.07. The minimum absolute atomic E-state index is 0.0774. The van der Waals surface area contributed by atoms with Gasteiger partial charge in [-0.1, -0.05) is 0 Å². The summed E-state index contributed by atoms with van der Waals surface area (Å²) in [6.07, 6.45) is 3.82. The molecule has 7 heteroatoms. The number of H-pyrrole nitrogens is 1. The van der Waals surface area contributed by atoms with Crippen LogP contribution in [0.4, 0.5) is 0 Å². The molecule has 0 fully saturated rings. The maximum Gasteiger partial charge on any atom is 0.331 e. The molecule has 0 amide bonds. The summed E-state index contributed by atoms with van der Waals surface area (Å²) in [7, 11) is -3.81. The Balaban J connectivity index is 2.08. The Morgan fingerprint density at radius 2 is 2.05 bits per heavy atom. The molecule has 2 heterocycles. The average molecular weight is 291 g/mol. The quantitative estimate of drug-likeness (QED) is 0.747. The van der Waals surface area contributed by atoms with E-state index in [1.807, 2.05) is 41.2 Å². The van der Waals surface area contributed by atoms with Gasteiger partial charge >= 0.3 is 10.1 Å². The Bertz CT molecular complexity index is 835. The van der Waals surface area contributed by atoms with Crippen molar-refractivity contribution in [2.75, 3.05) is 6.61 Å². The molecule has 1 N–H and O–H groups in total. The number of hydrogen-bond acceptors (Lipinski definition) is 4. The van der Waals surface area contributed by atoms with Crippen molar-refractivity contribution >= 4 is 21.2 Å². The van der Waals surface area contributed by atoms with Crippen molar-refractivity contribution in [1.82, 2.24) is 14.5 Å². The normalized spacial score (nSPS) is 12.1. The minimum Gasteiger partial charge on any atom is -0.327 e. The van der Waals surface area contributed by atoms with Gasteiger partial charge in [-0.3, -0.25) is 4.18 Å². The first-order valence-electron chi connectivity index (χ1n) is 6.13. The molecule has 1 aromatic carbocycles. The van der Waals surface area contributed by atoms with Gasteiger partial charge in [-0.2, -0.15) is 8.42 Å². The number of rotatable bonds is 4. The molecule has 3 rings (SSSR count). The summed E-state index contributed by atoms with van der Waals surface area (Å²) < 4.78 is 30.2. The summed E-state index contributed by atoms with van der Waals surface area (Å²) in [6, 6.07) is 9.32. The lowest BCUT2D eigenvalue weighted by Crippen LogP contribution is -2.07. The van der Waals surface area contributed by atoms with E-state index >= 15 is 0 Å². The Hall–Kier alpha value is -2.12. The summed E-state index contributed by atoms with van der Waals surface area (Å²) in [5.41, 5.74) is 2.15. The van der Waals surface area contributed by atoms with Gasteiger partial charge < -0.3 is 9.55 Å². The number of nitrogens with zero attached hydrogens (tertiary/aromatic N) is 2. The van der Waals surface area contributed by atoms with Gasteiger partial charge in [0.1, 0.15) is 0 Å². The number of imidazole rings is 1. The molecule has 0 aliphatic heterocycles. The summed E-state index contributed by atoms with van der Waals surface area (Å²) in [6.45, 7) is 1.69. The summed E-state index contributed by atoms with van der Waals surface area (Å²) in [5, 5.41) is -0.168. The van der Waals surface area contributed by atoms with E-state index in [9.17, 15) is 8.42 Å². The van der Waals surface area contributed by atoms with Crippen LogP contribution in [0.1, 0.15) is 6.92 Å². The molecule has 0 spiro atoms. The minimum atomic E-state index is -3.81. The highest BCUT2D eigenvalue weighted by Gasteiger charge is 2.19. The van der Waals surface area contributed by atoms with Gasteiger partial charge in [0, 0.05) is 18.1 Å². The lowest BCUT2D eigenvalue weighted by atomic mass is 10.3. The van der Waals surface area contributed by atoms with Gasteiger partial charge in [0.2, 0.25) is 0 Å². The van der Waals surface area contributed by atoms with E-state index < -0.39 is 10.1 Å². The van der Waals surface area contributed by atoms with Crippen LogP contribution in [-0.2, 0) is 14.3 Å². The van der Waals surface area contributed by atoms with Gasteiger partial charge in [0.25, 0.3) is 5.16 Å². The number of nitrogens with one attached hydrogen (secondary N) is 1. The Kier molecular flexibility index (Phi) is 3.07. The Morgan fingerprint density at radius 3 is 2.75 bits per heavy atom. The van der Waals surface area contributed by atoms with Crippen LogP contribution in [0.2, 0.25) is 0 Å². The molecule has 0 aliphatic carbocycles. The molecule has 20 heavy (non-hydrogen) atoms. The molecule has 3 aromatic rings. The zero-order valence-corrected chi connectivity index (χ0v) is 11.6. The van der Waals surface area contributed by atoms with E-state index in [0.717, 1.165) is 5.69 Å². The monoisotopic (exact) mass is 291 g/mol. The van der Waals surface area contributed by atoms with Crippen molar-refractivity contribution in [3.63, 3.8) is 0 Å². The van der Waals surface area contributed by atoms with E-state index in [2.05, 4.69) is 9.97 Å². The fourth-order valence-electron chi connectivity index (χ4n) is 1.97. The van der Waals surface area contributed by atoms with Crippen molar-refractivity contribution < 1.29 is 12.6 Å². The maximum absolute atomic E-state index is 11.8. The Labute approximate surface area is 116 Å². The second kappa shape index (κ2) is 4.77. The van der Waals surface area contributed by atoms with E-state index in [1.54, 1.807) is 13.0 Å². The van der Waals surface area contributed by atoms with Gasteiger partial charge in [-0.05, 0) is 37.3 Å². The molecule has 0 unspecified atom stereocenters. The molecule has 0 aliphatic rings. The van der Waals surface area contributed by atoms with E-state index in [0.29, 0.717) is 11.0 Å². The molecular weight excluding hydrogens is 278 g/mol. The lowest BCUT2D eigenvalue weighted by Gasteiger charge is -2.01. The maximum atomic E-state index is 11.8. The standard InChI is InChI=1S/C13H13N3O3S/c1-2-19-20(17,18)13-14-11-6-5-10(9-12(11)15-13)16-7-3-4-8-16/h3-9H,2H2,1H3,(H,14,15). The van der Waals surface area contributed by atoms with Crippen LogP contribution in [0.25, 0.3) is 16.7 Å². The molecule has 0 radical (unpaired) electrons. The van der Waals surface area contributed by atoms with Gasteiger partial charge in [0.15, 0.2) is 0 Å². The fraction of sp³-hybridized carbons (Fsp3) is 0.154. The van der Waals surface area contributed by atoms with Crippen LogP contribution < -0.4 is 0 Å². The second-order valence-electron chi connectivity index (χ2n) is 4.19. The van der Waals surface area contributed by atoms with Crippen molar-refractivity contribution in [3.8, 4) is 5.69 Å². The van der Waals surface area contributed by atoms with Crippen molar-refractivity contribution in [2.24, 2.45) is 0 Å². The molecule has 0 bridgehead atoms. The van der Waals surface area contributed by atoms with E-state index in [4.69, 9.17) is 4.18 Å². The van der Waals surface area contributed by atoms with Gasteiger partial charge in [-0.25, -0.2) is 4.98 Å². The molecule has 6 nitrogen and oxygen atoms in total. The smallest absolute Gasteiger partial charge is 0.327 e. The number of hydrogen-bond donors (Lipinski definition) is 1. The third-order valence-electron chi connectivity index (χ3n) is 2.86. The van der Waals surface area contributed by atoms with E-state index in [1.165, 1.54) is 0 Å². The highest BCUT2D eigenvalue weighted by Crippen LogP contribution is 2.19. The summed E-state index contributed by atoms with van der Waals surface area (Å²) in [5.74, 6) is 0. The predicted molar refractivity (Wildman–Crippen MR) is 74.2 cm³/mol. The summed E-state index contributed by atoms with van der Waals surface area (Å²) >= 11 is 0. The van der Waals surface area contributed by atoms with Crippen LogP contribution in [-0.4, -0.2) is 29.6 Å². The SMILES string of the molecule is CCOS(=O)(=O)c1nc2ccc(-n3cccc3)cc2[nH]1. The van der Waals surface area contributed by atoms with Crippen LogP contribution in [0.3, 0.4) is 0 Å². The first-order chi connectivity index (χ1) is 9.60. The second-order valence-corrected chi connectivity index (χ2v) is 5.73. The van der Waals surface area contributed by atoms with E-state index in [-0.39, 0.29) is 11.8 Å². The largest absolute Gasteiger partial charge is 0.331 e. The zero-order valence-electron chi connectivity index (χ0n) is 10.8. The van der Waals surface area contributed by atoms with Crippen molar-refractivity contribution in [3.05, 3.63) is 42.7 Å². The third-order valence-corrected chi connectivity index (χ3v) is 4.07. The number of fused-ring (bicyclic) bond motifs is 1. The van der Waals surface area contributed by atoms with Crippen molar-refractivity contribution in [2.45, 2.75) is 12.1 Å². The van der Waals surface area contributed by atoms with Crippen LogP contribution in [0.15, 0.2) is 47.9 Å². The van der Waals surface area contributed by atoms with Gasteiger partial charge in [0.05, 0.1) is 17.6 Å². The molecule has 2 aromatic heterocycles. The highest BCUT2D eigenvalue weighted by atomic mass is 32.2. The first kappa shape index (κ1) is 12.9. The molecule has 104 valence electrons. The number of aromatic nitrogens is 3. The third kappa shape index (κ3) is 2.21. The summed E-state index contributed by atoms with van der Waals surface area (Å²) in [4.78, 5) is 6.83. The Morgan fingerprint density at radius 1 is 1.30 bits per heavy atom. The molecule has 0 saturated carbocycles. The highest BCUT2D eigenvalue weighted by molar-refractivity contribution is 7.86. The van der Waals surface area contributed by atoms with Crippen LogP contribution in [0, 0.1) is 0 Å². The first-order valence-corrected chi connectivity index (χ1v) is 7.53. The number of benzene rings is 1. The topological polar surface area (TPSA) is 77.0 Å². The zero-order chi connectivity index (χ0) is 14.2. The van der Waals surface area contributed by atoms with Crippen LogP contribution >= 0.6 is 0 Å². The molecule has 0 atom stereocenters. The number of aromatic amines is 1. The van der Waals surface area contributed by atoms with Gasteiger partial charge in [-0.15, -0.1) is 0 Å².